The van der Waals surface area contributed by atoms with Gasteiger partial charge in [0.1, 0.15) is 6.61 Å². The Balaban J connectivity index is 1.39. The molecule has 42 heavy (non-hydrogen) atoms. The van der Waals surface area contributed by atoms with Crippen molar-refractivity contribution >= 4 is 11.6 Å². The van der Waals surface area contributed by atoms with E-state index in [1.165, 1.54) is 11.1 Å². The first-order chi connectivity index (χ1) is 20.5. The quantitative estimate of drug-likeness (QED) is 0.269. The average molecular weight is 562 g/mol. The fourth-order valence-electron chi connectivity index (χ4n) is 6.76. The topological polar surface area (TPSA) is 55.8 Å². The Labute approximate surface area is 248 Å². The third-order valence-corrected chi connectivity index (χ3v) is 8.63. The molecule has 0 N–H and O–H groups in total. The number of ketones is 2. The molecule has 0 radical (unpaired) electrons. The zero-order chi connectivity index (χ0) is 29.1. The summed E-state index contributed by atoms with van der Waals surface area (Å²) in [6.07, 6.45) is 5.31. The number of carbonyl (C=O) groups excluding carboxylic acids is 2. The van der Waals surface area contributed by atoms with Crippen LogP contribution in [-0.2, 0) is 22.6 Å². The second kappa shape index (κ2) is 12.4. The van der Waals surface area contributed by atoms with Crippen molar-refractivity contribution in [2.45, 2.75) is 71.3 Å². The molecule has 3 aromatic carbocycles. The van der Waals surface area contributed by atoms with Gasteiger partial charge in [-0.2, -0.15) is 0 Å². The highest BCUT2D eigenvalue weighted by Crippen LogP contribution is 2.50. The fraction of sp³-hybridized carbons (Fsp3) is 0.351. The van der Waals surface area contributed by atoms with E-state index in [1.54, 1.807) is 0 Å². The molecule has 0 atom stereocenters. The van der Waals surface area contributed by atoms with Gasteiger partial charge >= 0.3 is 0 Å². The average Bonchev–Trinajstić information content (AvgIpc) is 3.00. The first kappa shape index (κ1) is 28.0. The largest absolute Gasteiger partial charge is 0.490 e. The SMILES string of the molecule is CCOc1cc(C2C3=C(CCCC3=O)N(CCc3ccccc3)C3=C2C(=O)CCC3)ccc1OCc1cccc(C)c1. The molecule has 0 unspecified atom stereocenters. The number of hydrogen-bond donors (Lipinski definition) is 0. The first-order valence-electron chi connectivity index (χ1n) is 15.3. The van der Waals surface area contributed by atoms with Crippen molar-refractivity contribution in [2.24, 2.45) is 0 Å². The van der Waals surface area contributed by atoms with Gasteiger partial charge in [0.15, 0.2) is 23.1 Å². The predicted molar refractivity (Wildman–Crippen MR) is 164 cm³/mol. The molecule has 5 heteroatoms. The van der Waals surface area contributed by atoms with E-state index in [4.69, 9.17) is 9.47 Å². The Morgan fingerprint density at radius 2 is 1.43 bits per heavy atom. The van der Waals surface area contributed by atoms with Crippen LogP contribution in [0.3, 0.4) is 0 Å². The predicted octanol–water partition coefficient (Wildman–Crippen LogP) is 7.63. The summed E-state index contributed by atoms with van der Waals surface area (Å²) < 4.78 is 12.3. The Morgan fingerprint density at radius 1 is 0.738 bits per heavy atom. The van der Waals surface area contributed by atoms with Crippen LogP contribution in [0.5, 0.6) is 11.5 Å². The summed E-state index contributed by atoms with van der Waals surface area (Å²) in [7, 11) is 0. The van der Waals surface area contributed by atoms with Gasteiger partial charge in [-0.3, -0.25) is 9.59 Å². The van der Waals surface area contributed by atoms with Gasteiger partial charge in [-0.1, -0.05) is 66.2 Å². The summed E-state index contributed by atoms with van der Waals surface area (Å²) in [5.74, 6) is 1.26. The number of benzene rings is 3. The number of hydrogen-bond acceptors (Lipinski definition) is 5. The summed E-state index contributed by atoms with van der Waals surface area (Å²) in [6.45, 7) is 5.72. The molecule has 0 spiro atoms. The van der Waals surface area contributed by atoms with Crippen molar-refractivity contribution in [3.05, 3.63) is 118 Å². The van der Waals surface area contributed by atoms with E-state index in [2.05, 4.69) is 54.3 Å². The lowest BCUT2D eigenvalue weighted by molar-refractivity contribution is -0.117. The smallest absolute Gasteiger partial charge is 0.161 e. The summed E-state index contributed by atoms with van der Waals surface area (Å²) in [4.78, 5) is 29.7. The van der Waals surface area contributed by atoms with E-state index in [1.807, 2.05) is 37.3 Å². The molecule has 216 valence electrons. The number of nitrogens with zero attached hydrogens (tertiary/aromatic N) is 1. The Morgan fingerprint density at radius 3 is 2.10 bits per heavy atom. The minimum atomic E-state index is -0.367. The van der Waals surface area contributed by atoms with Crippen molar-refractivity contribution in [1.29, 1.82) is 0 Å². The molecular formula is C37H39NO4. The molecular weight excluding hydrogens is 522 g/mol. The van der Waals surface area contributed by atoms with Gasteiger partial charge in [-0.05, 0) is 74.8 Å². The van der Waals surface area contributed by atoms with E-state index in [0.717, 1.165) is 72.3 Å². The molecule has 1 heterocycles. The van der Waals surface area contributed by atoms with Gasteiger partial charge in [-0.25, -0.2) is 0 Å². The van der Waals surface area contributed by atoms with Crippen LogP contribution < -0.4 is 9.47 Å². The van der Waals surface area contributed by atoms with Gasteiger partial charge in [0, 0.05) is 47.8 Å². The molecule has 3 aromatic rings. The van der Waals surface area contributed by atoms with E-state index >= 15 is 0 Å². The number of rotatable bonds is 9. The third-order valence-electron chi connectivity index (χ3n) is 8.63. The molecule has 0 saturated carbocycles. The van der Waals surface area contributed by atoms with Crippen LogP contribution >= 0.6 is 0 Å². The van der Waals surface area contributed by atoms with Crippen LogP contribution in [0.15, 0.2) is 95.3 Å². The zero-order valence-electron chi connectivity index (χ0n) is 24.7. The van der Waals surface area contributed by atoms with Gasteiger partial charge in [0.25, 0.3) is 0 Å². The lowest BCUT2D eigenvalue weighted by Crippen LogP contribution is -2.39. The van der Waals surface area contributed by atoms with Crippen LogP contribution in [0.25, 0.3) is 0 Å². The fourth-order valence-corrected chi connectivity index (χ4v) is 6.76. The maximum absolute atomic E-state index is 13.7. The first-order valence-corrected chi connectivity index (χ1v) is 15.3. The summed E-state index contributed by atoms with van der Waals surface area (Å²) in [5, 5.41) is 0. The van der Waals surface area contributed by atoms with Crippen LogP contribution in [0, 0.1) is 6.92 Å². The van der Waals surface area contributed by atoms with Gasteiger partial charge in [0.2, 0.25) is 0 Å². The second-order valence-corrected chi connectivity index (χ2v) is 11.5. The highest BCUT2D eigenvalue weighted by molar-refractivity contribution is 6.06. The van der Waals surface area contributed by atoms with E-state index in [0.29, 0.717) is 37.6 Å². The number of allylic oxidation sites excluding steroid dienone is 4. The molecule has 5 nitrogen and oxygen atoms in total. The number of aryl methyl sites for hydroxylation is 1. The number of ether oxygens (including phenoxy) is 2. The Bertz CT molecular complexity index is 1510. The Kier molecular flexibility index (Phi) is 8.27. The minimum absolute atomic E-state index is 0.161. The van der Waals surface area contributed by atoms with Crippen molar-refractivity contribution in [2.75, 3.05) is 13.2 Å². The molecule has 0 fully saturated rings. The normalized spacial score (nSPS) is 17.3. The highest BCUT2D eigenvalue weighted by atomic mass is 16.5. The standard InChI is InChI=1S/C37H39NO4/c1-3-41-34-23-28(18-19-33(34)42-24-27-13-7-10-25(2)22-27)35-36-29(14-8-16-31(36)39)38(21-20-26-11-5-4-6-12-26)30-15-9-17-32(40)37(30)35/h4-7,10-13,18-19,22-23,35H,3,8-9,14-17,20-21,24H2,1-2H3. The number of Topliss-reactive ketones (excluding diaryl/α,β-unsaturated/α-hetero) is 2. The molecule has 0 bridgehead atoms. The maximum atomic E-state index is 13.7. The van der Waals surface area contributed by atoms with Crippen molar-refractivity contribution in [1.82, 2.24) is 4.90 Å². The zero-order valence-corrected chi connectivity index (χ0v) is 24.7. The Hall–Kier alpha value is -4.12. The van der Waals surface area contributed by atoms with Gasteiger partial charge < -0.3 is 14.4 Å². The molecule has 3 aliphatic rings. The second-order valence-electron chi connectivity index (χ2n) is 11.5. The lowest BCUT2D eigenvalue weighted by Gasteiger charge is -2.44. The van der Waals surface area contributed by atoms with Crippen LogP contribution in [0.4, 0.5) is 0 Å². The van der Waals surface area contributed by atoms with Crippen molar-refractivity contribution in [3.63, 3.8) is 0 Å². The summed E-state index contributed by atoms with van der Waals surface area (Å²) >= 11 is 0. The molecule has 0 aromatic heterocycles. The molecule has 2 aliphatic carbocycles. The molecule has 1 aliphatic heterocycles. The maximum Gasteiger partial charge on any atom is 0.161 e. The third kappa shape index (κ3) is 5.65. The minimum Gasteiger partial charge on any atom is -0.490 e. The van der Waals surface area contributed by atoms with Crippen molar-refractivity contribution in [3.8, 4) is 11.5 Å². The number of carbonyl (C=O) groups is 2. The molecule has 0 saturated heterocycles. The van der Waals surface area contributed by atoms with Gasteiger partial charge in [-0.15, -0.1) is 0 Å². The summed E-state index contributed by atoms with van der Waals surface area (Å²) in [5.41, 5.74) is 8.30. The highest BCUT2D eigenvalue weighted by Gasteiger charge is 2.43. The van der Waals surface area contributed by atoms with Crippen LogP contribution in [-0.4, -0.2) is 29.6 Å². The molecule has 0 amide bonds. The summed E-state index contributed by atoms with van der Waals surface area (Å²) in [6, 6.07) is 24.7. The molecule has 6 rings (SSSR count). The van der Waals surface area contributed by atoms with Crippen molar-refractivity contribution < 1.29 is 19.1 Å². The monoisotopic (exact) mass is 561 g/mol. The van der Waals surface area contributed by atoms with Crippen LogP contribution in [0.2, 0.25) is 0 Å². The van der Waals surface area contributed by atoms with Gasteiger partial charge in [0.05, 0.1) is 6.61 Å². The van der Waals surface area contributed by atoms with E-state index in [9.17, 15) is 9.59 Å². The van der Waals surface area contributed by atoms with E-state index in [-0.39, 0.29) is 17.5 Å². The lowest BCUT2D eigenvalue weighted by atomic mass is 9.71. The van der Waals surface area contributed by atoms with Crippen LogP contribution in [0.1, 0.15) is 73.6 Å². The van der Waals surface area contributed by atoms with E-state index < -0.39 is 0 Å².